The van der Waals surface area contributed by atoms with Crippen molar-refractivity contribution in [2.24, 2.45) is 0 Å². The Bertz CT molecular complexity index is 1040. The van der Waals surface area contributed by atoms with Crippen LogP contribution >= 0.6 is 11.8 Å². The monoisotopic (exact) mass is 621 g/mol. The van der Waals surface area contributed by atoms with Crippen molar-refractivity contribution in [3.05, 3.63) is 35.9 Å². The van der Waals surface area contributed by atoms with Crippen molar-refractivity contribution >= 4 is 35.7 Å². The molecule has 0 saturated carbocycles. The van der Waals surface area contributed by atoms with Crippen molar-refractivity contribution in [3.63, 3.8) is 0 Å². The quantitative estimate of drug-likeness (QED) is 0.168. The zero-order chi connectivity index (χ0) is 32.0. The molecule has 1 aliphatic heterocycles. The van der Waals surface area contributed by atoms with Crippen molar-refractivity contribution in [1.82, 2.24) is 15.5 Å². The van der Waals surface area contributed by atoms with Crippen LogP contribution in [0.5, 0.6) is 0 Å². The van der Waals surface area contributed by atoms with E-state index in [0.717, 1.165) is 31.2 Å². The van der Waals surface area contributed by atoms with Gasteiger partial charge in [-0.3, -0.25) is 19.7 Å². The highest BCUT2D eigenvalue weighted by atomic mass is 32.2. The number of esters is 2. The van der Waals surface area contributed by atoms with Crippen LogP contribution in [0.4, 0.5) is 4.79 Å². The number of nitrogens with zero attached hydrogens (tertiary/aromatic N) is 1. The van der Waals surface area contributed by atoms with Gasteiger partial charge in [0.2, 0.25) is 5.91 Å². The van der Waals surface area contributed by atoms with Crippen LogP contribution in [0, 0.1) is 0 Å². The van der Waals surface area contributed by atoms with Crippen molar-refractivity contribution in [1.29, 1.82) is 0 Å². The van der Waals surface area contributed by atoms with Crippen LogP contribution in [0.15, 0.2) is 30.3 Å². The summed E-state index contributed by atoms with van der Waals surface area (Å²) in [5, 5.41) is 6.01. The van der Waals surface area contributed by atoms with E-state index in [2.05, 4.69) is 10.6 Å². The molecule has 2 amide bonds. The highest BCUT2D eigenvalue weighted by molar-refractivity contribution is 7.99. The third-order valence-corrected chi connectivity index (χ3v) is 7.78. The van der Waals surface area contributed by atoms with Gasteiger partial charge in [0, 0.05) is 24.1 Å². The summed E-state index contributed by atoms with van der Waals surface area (Å²) < 4.78 is 16.1. The van der Waals surface area contributed by atoms with Crippen LogP contribution in [-0.4, -0.2) is 84.1 Å². The lowest BCUT2D eigenvalue weighted by molar-refractivity contribution is -0.159. The molecule has 0 bridgehead atoms. The number of ether oxygens (including phenoxy) is 3. The molecule has 0 radical (unpaired) electrons. The normalized spacial score (nSPS) is 18.4. The van der Waals surface area contributed by atoms with Gasteiger partial charge in [-0.05, 0) is 66.9 Å². The van der Waals surface area contributed by atoms with Gasteiger partial charge in [-0.1, -0.05) is 49.6 Å². The summed E-state index contributed by atoms with van der Waals surface area (Å²) in [6.07, 6.45) is 3.31. The maximum Gasteiger partial charge on any atom is 0.407 e. The van der Waals surface area contributed by atoms with E-state index in [-0.39, 0.29) is 24.3 Å². The van der Waals surface area contributed by atoms with Gasteiger partial charge >= 0.3 is 18.0 Å². The fourth-order valence-electron chi connectivity index (χ4n) is 4.59. The predicted octanol–water partition coefficient (Wildman–Crippen LogP) is 5.01. The zero-order valence-electron chi connectivity index (χ0n) is 26.9. The molecule has 1 fully saturated rings. The standard InChI is InChI=1S/C32H51N3O7S/c1-8-40-29(38)24(18-14-9-10-15-19-33-30(39)42-32(5,6)7)34-25-22-43-26(23-16-12-11-13-17-23)20-35(28(25)37)21-27(36)41-31(2,3)4/h11-13,16-17,24-26,34H,8-10,14-15,18-22H2,1-7H3,(H,33,39). The number of alkyl carbamates (subject to hydrolysis) is 1. The van der Waals surface area contributed by atoms with E-state index in [4.69, 9.17) is 14.2 Å². The second-order valence-electron chi connectivity index (χ2n) is 12.7. The molecule has 0 spiro atoms. The lowest BCUT2D eigenvalue weighted by Crippen LogP contribution is -2.54. The molecule has 0 aliphatic carbocycles. The molecule has 1 aromatic carbocycles. The van der Waals surface area contributed by atoms with Crippen molar-refractivity contribution < 1.29 is 33.4 Å². The summed E-state index contributed by atoms with van der Waals surface area (Å²) in [5.41, 5.74) is -0.137. The number of carbonyl (C=O) groups excluding carboxylic acids is 4. The third kappa shape index (κ3) is 14.5. The van der Waals surface area contributed by atoms with E-state index in [0.29, 0.717) is 25.3 Å². The van der Waals surface area contributed by atoms with Crippen LogP contribution < -0.4 is 10.6 Å². The van der Waals surface area contributed by atoms with Crippen molar-refractivity contribution in [2.45, 2.75) is 109 Å². The number of unbranched alkanes of at least 4 members (excludes halogenated alkanes) is 3. The molecular formula is C32H51N3O7S. The summed E-state index contributed by atoms with van der Waals surface area (Å²) in [6, 6.07) is 8.57. The Hall–Kier alpha value is -2.79. The van der Waals surface area contributed by atoms with E-state index in [1.54, 1.807) is 44.4 Å². The minimum absolute atomic E-state index is 0.0327. The summed E-state index contributed by atoms with van der Waals surface area (Å²) >= 11 is 1.63. The van der Waals surface area contributed by atoms with E-state index in [1.807, 2.05) is 51.1 Å². The van der Waals surface area contributed by atoms with Crippen LogP contribution in [0.2, 0.25) is 0 Å². The first-order chi connectivity index (χ1) is 20.2. The molecule has 2 rings (SSSR count). The summed E-state index contributed by atoms with van der Waals surface area (Å²) in [4.78, 5) is 52.8. The lowest BCUT2D eigenvalue weighted by atomic mass is 10.1. The molecule has 2 N–H and O–H groups in total. The molecule has 1 aromatic rings. The van der Waals surface area contributed by atoms with E-state index in [1.165, 1.54) is 0 Å². The summed E-state index contributed by atoms with van der Waals surface area (Å²) in [6.45, 7) is 13.5. The molecule has 1 saturated heterocycles. The Labute approximate surface area is 261 Å². The Morgan fingerprint density at radius 3 is 2.26 bits per heavy atom. The fourth-order valence-corrected chi connectivity index (χ4v) is 5.89. The Kier molecular flexibility index (Phi) is 14.8. The molecule has 3 unspecified atom stereocenters. The predicted molar refractivity (Wildman–Crippen MR) is 169 cm³/mol. The number of thioether (sulfide) groups is 1. The number of rotatable bonds is 14. The molecule has 3 atom stereocenters. The molecular weight excluding hydrogens is 570 g/mol. The fraction of sp³-hybridized carbons (Fsp3) is 0.688. The van der Waals surface area contributed by atoms with Gasteiger partial charge < -0.3 is 24.4 Å². The van der Waals surface area contributed by atoms with Gasteiger partial charge in [0.15, 0.2) is 0 Å². The number of benzene rings is 1. The average molecular weight is 622 g/mol. The minimum Gasteiger partial charge on any atom is -0.465 e. The maximum atomic E-state index is 13.8. The van der Waals surface area contributed by atoms with Crippen LogP contribution in [0.1, 0.15) is 91.4 Å². The van der Waals surface area contributed by atoms with Crippen LogP contribution in [0.3, 0.4) is 0 Å². The molecule has 242 valence electrons. The first-order valence-electron chi connectivity index (χ1n) is 15.2. The molecule has 1 aliphatic rings. The molecule has 43 heavy (non-hydrogen) atoms. The Balaban J connectivity index is 2.03. The van der Waals surface area contributed by atoms with E-state index >= 15 is 0 Å². The van der Waals surface area contributed by atoms with Gasteiger partial charge in [-0.25, -0.2) is 4.79 Å². The second-order valence-corrected chi connectivity index (χ2v) is 13.9. The molecule has 0 aromatic heterocycles. The molecule has 10 nitrogen and oxygen atoms in total. The number of amides is 2. The van der Waals surface area contributed by atoms with E-state index in [9.17, 15) is 19.2 Å². The second kappa shape index (κ2) is 17.5. The lowest BCUT2D eigenvalue weighted by Gasteiger charge is -2.28. The highest BCUT2D eigenvalue weighted by Crippen LogP contribution is 2.33. The van der Waals surface area contributed by atoms with Crippen molar-refractivity contribution in [3.8, 4) is 0 Å². The van der Waals surface area contributed by atoms with E-state index < -0.39 is 41.3 Å². The van der Waals surface area contributed by atoms with Crippen LogP contribution in [0.25, 0.3) is 0 Å². The first kappa shape index (κ1) is 36.4. The minimum atomic E-state index is -0.673. The van der Waals surface area contributed by atoms with Gasteiger partial charge in [-0.2, -0.15) is 0 Å². The smallest absolute Gasteiger partial charge is 0.407 e. The molecule has 11 heteroatoms. The number of nitrogens with one attached hydrogen (secondary N) is 2. The van der Waals surface area contributed by atoms with Gasteiger partial charge in [-0.15, -0.1) is 11.8 Å². The SMILES string of the molecule is CCOC(=O)C(CCCCCCNC(=O)OC(C)(C)C)NC1CSC(c2ccccc2)CN(CC(=O)OC(C)(C)C)C1=O. The zero-order valence-corrected chi connectivity index (χ0v) is 27.7. The Morgan fingerprint density at radius 1 is 0.977 bits per heavy atom. The van der Waals surface area contributed by atoms with Gasteiger partial charge in [0.25, 0.3) is 0 Å². The third-order valence-electron chi connectivity index (χ3n) is 6.43. The highest BCUT2D eigenvalue weighted by Gasteiger charge is 2.36. The molecule has 1 heterocycles. The van der Waals surface area contributed by atoms with Gasteiger partial charge in [0.1, 0.15) is 23.8 Å². The topological polar surface area (TPSA) is 123 Å². The Morgan fingerprint density at radius 2 is 1.63 bits per heavy atom. The first-order valence-corrected chi connectivity index (χ1v) is 16.3. The van der Waals surface area contributed by atoms with Crippen molar-refractivity contribution in [2.75, 3.05) is 32.0 Å². The maximum absolute atomic E-state index is 13.8. The largest absolute Gasteiger partial charge is 0.465 e. The number of carbonyl (C=O) groups is 4. The van der Waals surface area contributed by atoms with Crippen LogP contribution in [-0.2, 0) is 28.6 Å². The number of hydrogen-bond acceptors (Lipinski definition) is 9. The summed E-state index contributed by atoms with van der Waals surface area (Å²) in [5.74, 6) is -0.662. The summed E-state index contributed by atoms with van der Waals surface area (Å²) in [7, 11) is 0. The average Bonchev–Trinajstić information content (AvgIpc) is 3.04. The van der Waals surface area contributed by atoms with Gasteiger partial charge in [0.05, 0.1) is 12.6 Å². The number of hydrogen-bond donors (Lipinski definition) is 2.